The van der Waals surface area contributed by atoms with Gasteiger partial charge in [-0.05, 0) is 66.2 Å². The number of rotatable bonds is 7. The number of likely N-dealkylation sites (tertiary alicyclic amines) is 1. The Labute approximate surface area is 114 Å². The molecule has 1 unspecified atom stereocenters. The van der Waals surface area contributed by atoms with Crippen LogP contribution in [0.4, 0.5) is 0 Å². The first-order valence-corrected chi connectivity index (χ1v) is 7.53. The maximum Gasteiger partial charge on any atom is 0.0109 e. The van der Waals surface area contributed by atoms with Crippen molar-refractivity contribution in [1.29, 1.82) is 0 Å². The average molecular weight is 255 g/mol. The second-order valence-electron chi connectivity index (χ2n) is 7.05. The van der Waals surface area contributed by atoms with Gasteiger partial charge in [-0.2, -0.15) is 0 Å². The highest BCUT2D eigenvalue weighted by atomic mass is 15.2. The van der Waals surface area contributed by atoms with E-state index in [4.69, 9.17) is 0 Å². The summed E-state index contributed by atoms with van der Waals surface area (Å²) in [5.74, 6) is 0.716. The normalized spacial score (nSPS) is 19.7. The second-order valence-corrected chi connectivity index (χ2v) is 7.05. The molecule has 0 aliphatic carbocycles. The summed E-state index contributed by atoms with van der Waals surface area (Å²) < 4.78 is 0. The van der Waals surface area contributed by atoms with Crippen molar-refractivity contribution in [2.45, 2.75) is 46.1 Å². The zero-order valence-electron chi connectivity index (χ0n) is 13.1. The fourth-order valence-corrected chi connectivity index (χ4v) is 2.49. The van der Waals surface area contributed by atoms with E-state index in [1.165, 1.54) is 45.6 Å². The topological polar surface area (TPSA) is 18.5 Å². The molecule has 1 saturated heterocycles. The van der Waals surface area contributed by atoms with Crippen molar-refractivity contribution in [2.75, 3.05) is 46.3 Å². The number of nitrogens with zero attached hydrogens (tertiary/aromatic N) is 2. The van der Waals surface area contributed by atoms with Gasteiger partial charge < -0.3 is 15.1 Å². The summed E-state index contributed by atoms with van der Waals surface area (Å²) in [5, 5.41) is 3.59. The number of likely N-dealkylation sites (N-methyl/N-ethyl adjacent to an activating group) is 1. The highest BCUT2D eigenvalue weighted by Gasteiger charge is 2.14. The van der Waals surface area contributed by atoms with Crippen LogP contribution in [0.25, 0.3) is 0 Å². The lowest BCUT2D eigenvalue weighted by molar-refractivity contribution is 0.228. The third-order valence-corrected chi connectivity index (χ3v) is 3.60. The molecule has 0 aromatic heterocycles. The number of hydrogen-bond donors (Lipinski definition) is 1. The molecule has 3 heteroatoms. The molecule has 0 amide bonds. The molecule has 0 bridgehead atoms. The number of nitrogens with one attached hydrogen (secondary N) is 1. The molecule has 1 atom stereocenters. The van der Waals surface area contributed by atoms with E-state index in [0.29, 0.717) is 5.92 Å². The summed E-state index contributed by atoms with van der Waals surface area (Å²) in [6, 6.07) is 0. The maximum absolute atomic E-state index is 3.59. The lowest BCUT2D eigenvalue weighted by Crippen LogP contribution is -2.41. The Morgan fingerprint density at radius 3 is 2.39 bits per heavy atom. The van der Waals surface area contributed by atoms with Crippen LogP contribution in [0.5, 0.6) is 0 Å². The van der Waals surface area contributed by atoms with Gasteiger partial charge >= 0.3 is 0 Å². The number of hydrogen-bond acceptors (Lipinski definition) is 3. The fourth-order valence-electron chi connectivity index (χ4n) is 2.49. The van der Waals surface area contributed by atoms with Crippen molar-refractivity contribution >= 4 is 0 Å². The minimum absolute atomic E-state index is 0.238. The van der Waals surface area contributed by atoms with Gasteiger partial charge in [-0.3, -0.25) is 0 Å². The van der Waals surface area contributed by atoms with E-state index in [0.717, 1.165) is 6.54 Å². The van der Waals surface area contributed by atoms with Gasteiger partial charge in [0.15, 0.2) is 0 Å². The van der Waals surface area contributed by atoms with Gasteiger partial charge in [-0.25, -0.2) is 0 Å². The van der Waals surface area contributed by atoms with Crippen LogP contribution in [-0.2, 0) is 0 Å². The van der Waals surface area contributed by atoms with Gasteiger partial charge in [0.1, 0.15) is 0 Å². The van der Waals surface area contributed by atoms with E-state index >= 15 is 0 Å². The van der Waals surface area contributed by atoms with Crippen molar-refractivity contribution < 1.29 is 0 Å². The SMILES string of the molecule is CC(CNC(C)(C)C)CN(C)CCN1CCCC1. The smallest absolute Gasteiger partial charge is 0.0109 e. The van der Waals surface area contributed by atoms with Crippen molar-refractivity contribution in [1.82, 2.24) is 15.1 Å². The van der Waals surface area contributed by atoms with Crippen LogP contribution in [-0.4, -0.2) is 61.7 Å². The van der Waals surface area contributed by atoms with Crippen LogP contribution in [0.15, 0.2) is 0 Å². The first kappa shape index (κ1) is 15.9. The van der Waals surface area contributed by atoms with Crippen molar-refractivity contribution in [3.8, 4) is 0 Å². The Balaban J connectivity index is 2.08. The van der Waals surface area contributed by atoms with E-state index in [2.05, 4.69) is 49.9 Å². The third-order valence-electron chi connectivity index (χ3n) is 3.60. The molecule has 1 N–H and O–H groups in total. The van der Waals surface area contributed by atoms with Crippen molar-refractivity contribution in [3.63, 3.8) is 0 Å². The molecule has 1 aliphatic rings. The van der Waals surface area contributed by atoms with Crippen LogP contribution < -0.4 is 5.32 Å². The first-order chi connectivity index (χ1) is 8.37. The minimum Gasteiger partial charge on any atom is -0.312 e. The Morgan fingerprint density at radius 2 is 1.83 bits per heavy atom. The molecule has 1 fully saturated rings. The Bertz CT molecular complexity index is 216. The average Bonchev–Trinajstić information content (AvgIpc) is 2.75. The highest BCUT2D eigenvalue weighted by Crippen LogP contribution is 2.07. The summed E-state index contributed by atoms with van der Waals surface area (Å²) >= 11 is 0. The quantitative estimate of drug-likeness (QED) is 0.751. The molecular formula is C15H33N3. The van der Waals surface area contributed by atoms with E-state index in [9.17, 15) is 0 Å². The maximum atomic E-state index is 3.59. The van der Waals surface area contributed by atoms with Gasteiger partial charge in [0.25, 0.3) is 0 Å². The van der Waals surface area contributed by atoms with Crippen molar-refractivity contribution in [2.24, 2.45) is 5.92 Å². The summed E-state index contributed by atoms with van der Waals surface area (Å²) in [7, 11) is 2.25. The predicted octanol–water partition coefficient (Wildman–Crippen LogP) is 2.04. The zero-order valence-corrected chi connectivity index (χ0v) is 13.1. The first-order valence-electron chi connectivity index (χ1n) is 7.53. The van der Waals surface area contributed by atoms with Gasteiger partial charge in [-0.1, -0.05) is 6.92 Å². The standard InChI is InChI=1S/C15H33N3/c1-14(12-16-15(2,3)4)13-17(5)10-11-18-8-6-7-9-18/h14,16H,6-13H2,1-5H3. The lowest BCUT2D eigenvalue weighted by atomic mass is 10.1. The van der Waals surface area contributed by atoms with E-state index < -0.39 is 0 Å². The van der Waals surface area contributed by atoms with E-state index in [1.807, 2.05) is 0 Å². The molecule has 1 heterocycles. The minimum atomic E-state index is 0.238. The molecule has 0 radical (unpaired) electrons. The summed E-state index contributed by atoms with van der Waals surface area (Å²) in [5.41, 5.74) is 0.238. The van der Waals surface area contributed by atoms with Crippen LogP contribution in [0.3, 0.4) is 0 Å². The molecule has 3 nitrogen and oxygen atoms in total. The molecule has 18 heavy (non-hydrogen) atoms. The summed E-state index contributed by atoms with van der Waals surface area (Å²) in [6.07, 6.45) is 2.80. The van der Waals surface area contributed by atoms with Crippen molar-refractivity contribution in [3.05, 3.63) is 0 Å². The fraction of sp³-hybridized carbons (Fsp3) is 1.00. The molecule has 1 aliphatic heterocycles. The van der Waals surface area contributed by atoms with Crippen LogP contribution in [0, 0.1) is 5.92 Å². The van der Waals surface area contributed by atoms with Crippen LogP contribution in [0.2, 0.25) is 0 Å². The largest absolute Gasteiger partial charge is 0.312 e. The third kappa shape index (κ3) is 7.34. The molecule has 0 aromatic carbocycles. The van der Waals surface area contributed by atoms with Gasteiger partial charge in [0.2, 0.25) is 0 Å². The predicted molar refractivity (Wildman–Crippen MR) is 80.1 cm³/mol. The molecule has 0 saturated carbocycles. The van der Waals surface area contributed by atoms with Crippen LogP contribution >= 0.6 is 0 Å². The van der Waals surface area contributed by atoms with Gasteiger partial charge in [0.05, 0.1) is 0 Å². The van der Waals surface area contributed by atoms with Gasteiger partial charge in [0, 0.05) is 25.2 Å². The Kier molecular flexibility index (Phi) is 6.61. The zero-order chi connectivity index (χ0) is 13.6. The van der Waals surface area contributed by atoms with Crippen LogP contribution in [0.1, 0.15) is 40.5 Å². The lowest BCUT2D eigenvalue weighted by Gasteiger charge is -2.27. The molecular weight excluding hydrogens is 222 g/mol. The molecule has 0 spiro atoms. The van der Waals surface area contributed by atoms with E-state index in [-0.39, 0.29) is 5.54 Å². The molecule has 1 rings (SSSR count). The Hall–Kier alpha value is -0.120. The molecule has 108 valence electrons. The second kappa shape index (κ2) is 7.46. The van der Waals surface area contributed by atoms with Gasteiger partial charge in [-0.15, -0.1) is 0 Å². The summed E-state index contributed by atoms with van der Waals surface area (Å²) in [6.45, 7) is 16.4. The highest BCUT2D eigenvalue weighted by molar-refractivity contribution is 4.73. The summed E-state index contributed by atoms with van der Waals surface area (Å²) in [4.78, 5) is 5.07. The monoisotopic (exact) mass is 255 g/mol. The Morgan fingerprint density at radius 1 is 1.22 bits per heavy atom. The molecule has 0 aromatic rings. The van der Waals surface area contributed by atoms with E-state index in [1.54, 1.807) is 0 Å².